The number of guanidine groups is 1. The molecule has 1 fully saturated rings. The number of hydrogen-bond donors (Lipinski definition) is 3. The van der Waals surface area contributed by atoms with Gasteiger partial charge in [-0.3, -0.25) is 9.79 Å². The number of nitrogens with one attached hydrogen (secondary N) is 3. The molecule has 0 radical (unpaired) electrons. The smallest absolute Gasteiger partial charge is 0.251 e. The highest BCUT2D eigenvalue weighted by atomic mass is 127. The maximum atomic E-state index is 12.2. The molecule has 0 spiro atoms. The molecule has 3 N–H and O–H groups in total. The van der Waals surface area contributed by atoms with E-state index < -0.39 is 0 Å². The number of halogens is 1. The van der Waals surface area contributed by atoms with Gasteiger partial charge in [0.25, 0.3) is 5.91 Å². The molecule has 2 heterocycles. The highest BCUT2D eigenvalue weighted by Crippen LogP contribution is 2.11. The predicted molar refractivity (Wildman–Crippen MR) is 105 cm³/mol. The minimum Gasteiger partial charge on any atom is -0.376 e. The third-order valence-corrected chi connectivity index (χ3v) is 4.07. The summed E-state index contributed by atoms with van der Waals surface area (Å²) in [6.45, 7) is 4.93. The van der Waals surface area contributed by atoms with Crippen LogP contribution in [0.4, 0.5) is 0 Å². The summed E-state index contributed by atoms with van der Waals surface area (Å²) in [6, 6.07) is 8.04. The van der Waals surface area contributed by atoms with E-state index in [9.17, 15) is 4.79 Å². The van der Waals surface area contributed by atoms with Gasteiger partial charge >= 0.3 is 0 Å². The van der Waals surface area contributed by atoms with Crippen molar-refractivity contribution in [3.8, 4) is 0 Å². The lowest BCUT2D eigenvalue weighted by Crippen LogP contribution is -2.37. The third kappa shape index (κ3) is 5.34. The molecule has 132 valence electrons. The first-order valence-corrected chi connectivity index (χ1v) is 8.24. The van der Waals surface area contributed by atoms with E-state index in [1.54, 1.807) is 0 Å². The molecule has 2 aliphatic heterocycles. The highest BCUT2D eigenvalue weighted by Gasteiger charge is 2.17. The summed E-state index contributed by atoms with van der Waals surface area (Å²) in [5, 5.41) is 9.47. The summed E-state index contributed by atoms with van der Waals surface area (Å²) in [7, 11) is 0. The van der Waals surface area contributed by atoms with Gasteiger partial charge in [0.15, 0.2) is 5.96 Å². The Kier molecular flexibility index (Phi) is 7.29. The molecule has 2 aliphatic rings. The van der Waals surface area contributed by atoms with E-state index in [1.807, 2.05) is 24.3 Å². The second-order valence-electron chi connectivity index (χ2n) is 6.13. The van der Waals surface area contributed by atoms with E-state index >= 15 is 0 Å². The number of ether oxygens (including phenoxy) is 1. The van der Waals surface area contributed by atoms with E-state index in [1.165, 1.54) is 0 Å². The molecule has 0 aliphatic carbocycles. The van der Waals surface area contributed by atoms with Crippen LogP contribution < -0.4 is 16.0 Å². The van der Waals surface area contributed by atoms with E-state index in [4.69, 9.17) is 4.74 Å². The molecule has 6 nitrogen and oxygen atoms in total. The minimum atomic E-state index is -0.0488. The molecule has 0 saturated carbocycles. The van der Waals surface area contributed by atoms with Crippen molar-refractivity contribution < 1.29 is 9.53 Å². The summed E-state index contributed by atoms with van der Waals surface area (Å²) in [5.74, 6) is 0.776. The van der Waals surface area contributed by atoms with Crippen LogP contribution in [0.3, 0.4) is 0 Å². The number of aliphatic imine (C=N–C) groups is 1. The number of carbonyl (C=O) groups is 1. The number of rotatable bonds is 5. The zero-order valence-electron chi connectivity index (χ0n) is 13.9. The molecule has 7 heteroatoms. The lowest BCUT2D eigenvalue weighted by molar-refractivity contribution is 0.0857. The Bertz CT molecular complexity index is 588. The van der Waals surface area contributed by atoms with Crippen LogP contribution in [0, 0.1) is 0 Å². The van der Waals surface area contributed by atoms with Gasteiger partial charge in [-0.2, -0.15) is 0 Å². The van der Waals surface area contributed by atoms with Gasteiger partial charge in [-0.25, -0.2) is 0 Å². The molecule has 3 rings (SSSR count). The van der Waals surface area contributed by atoms with Crippen molar-refractivity contribution in [2.75, 3.05) is 19.7 Å². The van der Waals surface area contributed by atoms with Gasteiger partial charge in [-0.1, -0.05) is 12.1 Å². The zero-order valence-corrected chi connectivity index (χ0v) is 16.2. The Morgan fingerprint density at radius 1 is 1.46 bits per heavy atom. The van der Waals surface area contributed by atoms with Crippen LogP contribution in [0.15, 0.2) is 29.3 Å². The minimum absolute atomic E-state index is 0. The maximum absolute atomic E-state index is 12.2. The molecule has 2 unspecified atom stereocenters. The number of benzene rings is 1. The number of carbonyl (C=O) groups excluding carboxylic acids is 1. The van der Waals surface area contributed by atoms with Crippen molar-refractivity contribution in [2.24, 2.45) is 4.99 Å². The second-order valence-corrected chi connectivity index (χ2v) is 6.13. The monoisotopic (exact) mass is 444 g/mol. The molecule has 1 aromatic rings. The van der Waals surface area contributed by atoms with Gasteiger partial charge < -0.3 is 20.7 Å². The fourth-order valence-electron chi connectivity index (χ4n) is 2.78. The van der Waals surface area contributed by atoms with Gasteiger partial charge in [0.2, 0.25) is 0 Å². The Hall–Kier alpha value is -1.35. The van der Waals surface area contributed by atoms with E-state index in [2.05, 4.69) is 27.9 Å². The van der Waals surface area contributed by atoms with Crippen molar-refractivity contribution in [2.45, 2.75) is 38.5 Å². The normalized spacial score (nSPS) is 22.3. The van der Waals surface area contributed by atoms with Crippen molar-refractivity contribution in [1.82, 2.24) is 16.0 Å². The fourth-order valence-corrected chi connectivity index (χ4v) is 2.78. The van der Waals surface area contributed by atoms with E-state index in [0.717, 1.165) is 37.5 Å². The third-order valence-electron chi connectivity index (χ3n) is 4.07. The van der Waals surface area contributed by atoms with Crippen LogP contribution in [0.5, 0.6) is 0 Å². The Morgan fingerprint density at radius 2 is 2.33 bits per heavy atom. The van der Waals surface area contributed by atoms with E-state index in [-0.39, 0.29) is 36.0 Å². The first-order valence-electron chi connectivity index (χ1n) is 8.24. The van der Waals surface area contributed by atoms with Gasteiger partial charge in [-0.05, 0) is 37.5 Å². The Labute approximate surface area is 159 Å². The van der Waals surface area contributed by atoms with Crippen molar-refractivity contribution >= 4 is 35.8 Å². The molecular formula is C17H25IN4O2. The summed E-state index contributed by atoms with van der Waals surface area (Å²) < 4.78 is 5.52. The van der Waals surface area contributed by atoms with Crippen LogP contribution in [-0.4, -0.2) is 43.7 Å². The average Bonchev–Trinajstić information content (AvgIpc) is 3.22. The second kappa shape index (κ2) is 9.22. The molecule has 0 bridgehead atoms. The number of hydrogen-bond acceptors (Lipinski definition) is 5. The number of nitrogens with zero attached hydrogens (tertiary/aromatic N) is 1. The van der Waals surface area contributed by atoms with Gasteiger partial charge in [0.05, 0.1) is 12.6 Å². The summed E-state index contributed by atoms with van der Waals surface area (Å²) in [6.07, 6.45) is 2.27. The van der Waals surface area contributed by atoms with Gasteiger partial charge in [0, 0.05) is 31.3 Å². The lowest BCUT2D eigenvalue weighted by Gasteiger charge is -2.12. The topological polar surface area (TPSA) is 74.8 Å². The summed E-state index contributed by atoms with van der Waals surface area (Å²) >= 11 is 0. The first-order chi connectivity index (χ1) is 11.2. The van der Waals surface area contributed by atoms with Crippen LogP contribution in [0.1, 0.15) is 35.7 Å². The van der Waals surface area contributed by atoms with Crippen molar-refractivity contribution in [1.29, 1.82) is 0 Å². The molecular weight excluding hydrogens is 419 g/mol. The van der Waals surface area contributed by atoms with Crippen molar-refractivity contribution in [3.05, 3.63) is 35.4 Å². The van der Waals surface area contributed by atoms with Crippen molar-refractivity contribution in [3.63, 3.8) is 0 Å². The van der Waals surface area contributed by atoms with Gasteiger partial charge in [0.1, 0.15) is 0 Å². The zero-order chi connectivity index (χ0) is 16.1. The molecule has 1 aromatic carbocycles. The van der Waals surface area contributed by atoms with Gasteiger partial charge in [-0.15, -0.1) is 24.0 Å². The molecule has 2 atom stereocenters. The standard InChI is InChI=1S/C17H24N4O2.HI/c1-12-9-19-17(21-12)20-10-13-4-2-5-14(8-13)16(22)18-11-15-6-3-7-23-15;/h2,4-5,8,12,15H,3,6-7,9-11H2,1H3,(H,18,22)(H2,19,20,21);1H. The molecule has 1 saturated heterocycles. The van der Waals surface area contributed by atoms with Crippen LogP contribution >= 0.6 is 24.0 Å². The van der Waals surface area contributed by atoms with Crippen LogP contribution in [-0.2, 0) is 11.3 Å². The molecule has 1 amide bonds. The Morgan fingerprint density at radius 3 is 3.04 bits per heavy atom. The first kappa shape index (κ1) is 19.0. The highest BCUT2D eigenvalue weighted by molar-refractivity contribution is 14.0. The SMILES string of the molecule is CC1CN=C(NCc2cccc(C(=O)NCC3CCCO3)c2)N1.I. The number of amides is 1. The van der Waals surface area contributed by atoms with E-state index in [0.29, 0.717) is 24.7 Å². The largest absolute Gasteiger partial charge is 0.376 e. The summed E-state index contributed by atoms with van der Waals surface area (Å²) in [4.78, 5) is 16.6. The Balaban J connectivity index is 0.00000208. The van der Waals surface area contributed by atoms with Crippen LogP contribution in [0.2, 0.25) is 0 Å². The fraction of sp³-hybridized carbons (Fsp3) is 0.529. The lowest BCUT2D eigenvalue weighted by atomic mass is 10.1. The quantitative estimate of drug-likeness (QED) is 0.604. The maximum Gasteiger partial charge on any atom is 0.251 e. The molecule has 24 heavy (non-hydrogen) atoms. The average molecular weight is 444 g/mol. The molecule has 0 aromatic heterocycles. The summed E-state index contributed by atoms with van der Waals surface area (Å²) in [5.41, 5.74) is 1.73. The van der Waals surface area contributed by atoms with Crippen LogP contribution in [0.25, 0.3) is 0 Å². The predicted octanol–water partition coefficient (Wildman–Crippen LogP) is 1.65.